The summed E-state index contributed by atoms with van der Waals surface area (Å²) in [7, 11) is 0.528. The lowest BCUT2D eigenvalue weighted by Crippen LogP contribution is -2.52. The average molecular weight is 430 g/mol. The lowest BCUT2D eigenvalue weighted by atomic mass is 9.88. The summed E-state index contributed by atoms with van der Waals surface area (Å²) in [5.74, 6) is -0.141. The molecule has 1 fully saturated rings. The molecule has 3 rings (SSSR count). The van der Waals surface area contributed by atoms with Crippen molar-refractivity contribution in [1.29, 1.82) is 0 Å². The van der Waals surface area contributed by atoms with Crippen molar-refractivity contribution in [1.82, 2.24) is 10.2 Å². The smallest absolute Gasteiger partial charge is 0.261 e. The van der Waals surface area contributed by atoms with E-state index >= 15 is 0 Å². The van der Waals surface area contributed by atoms with Crippen LogP contribution in [-0.4, -0.2) is 45.4 Å². The molecule has 0 aliphatic heterocycles. The SMILES string of the molecule is CN(C)C1(CNC(=O)c2ccc(NS(=O)(=O)c3ccccc3)cc2)CCCCCC1. The van der Waals surface area contributed by atoms with Crippen LogP contribution >= 0.6 is 0 Å². The molecule has 6 nitrogen and oxygen atoms in total. The molecule has 0 radical (unpaired) electrons. The third-order valence-corrected chi connectivity index (χ3v) is 7.41. The molecule has 1 amide bonds. The van der Waals surface area contributed by atoms with Gasteiger partial charge in [0.2, 0.25) is 0 Å². The number of benzene rings is 2. The number of carbonyl (C=O) groups excluding carboxylic acids is 1. The van der Waals surface area contributed by atoms with E-state index in [0.717, 1.165) is 12.8 Å². The van der Waals surface area contributed by atoms with Crippen LogP contribution < -0.4 is 10.0 Å². The van der Waals surface area contributed by atoms with E-state index < -0.39 is 10.0 Å². The molecule has 0 aromatic heterocycles. The Labute approximate surface area is 179 Å². The molecule has 0 saturated heterocycles. The second-order valence-electron chi connectivity index (χ2n) is 8.21. The summed E-state index contributed by atoms with van der Waals surface area (Å²) in [5.41, 5.74) is 0.932. The van der Waals surface area contributed by atoms with Gasteiger partial charge in [0.1, 0.15) is 0 Å². The van der Waals surface area contributed by atoms with E-state index in [1.54, 1.807) is 42.5 Å². The first kappa shape index (κ1) is 22.3. The molecule has 30 heavy (non-hydrogen) atoms. The van der Waals surface area contributed by atoms with Gasteiger partial charge in [-0.15, -0.1) is 0 Å². The first-order valence-corrected chi connectivity index (χ1v) is 11.9. The minimum absolute atomic E-state index is 0.00256. The first-order valence-electron chi connectivity index (χ1n) is 10.5. The largest absolute Gasteiger partial charge is 0.350 e. The fraction of sp³-hybridized carbons (Fsp3) is 0.435. The van der Waals surface area contributed by atoms with Crippen LogP contribution in [0.4, 0.5) is 5.69 Å². The van der Waals surface area contributed by atoms with Gasteiger partial charge in [-0.25, -0.2) is 8.42 Å². The number of carbonyl (C=O) groups is 1. The number of rotatable bonds is 7. The van der Waals surface area contributed by atoms with Crippen LogP contribution in [0.3, 0.4) is 0 Å². The first-order chi connectivity index (χ1) is 14.3. The van der Waals surface area contributed by atoms with Gasteiger partial charge in [0.25, 0.3) is 15.9 Å². The quantitative estimate of drug-likeness (QED) is 0.655. The Kier molecular flexibility index (Phi) is 7.15. The van der Waals surface area contributed by atoms with Crippen molar-refractivity contribution in [3.8, 4) is 0 Å². The minimum Gasteiger partial charge on any atom is -0.350 e. The number of sulfonamides is 1. The van der Waals surface area contributed by atoms with Gasteiger partial charge in [-0.2, -0.15) is 0 Å². The predicted molar refractivity (Wildman–Crippen MR) is 120 cm³/mol. The summed E-state index contributed by atoms with van der Waals surface area (Å²) in [6, 6.07) is 14.7. The van der Waals surface area contributed by atoms with Crippen LogP contribution in [0.1, 0.15) is 48.9 Å². The minimum atomic E-state index is -3.65. The lowest BCUT2D eigenvalue weighted by Gasteiger charge is -2.39. The summed E-state index contributed by atoms with van der Waals surface area (Å²) in [4.78, 5) is 15.1. The molecule has 0 unspecified atom stereocenters. The van der Waals surface area contributed by atoms with Gasteiger partial charge in [-0.1, -0.05) is 43.9 Å². The molecular weight excluding hydrogens is 398 g/mol. The fourth-order valence-electron chi connectivity index (χ4n) is 4.02. The van der Waals surface area contributed by atoms with Gasteiger partial charge in [0.15, 0.2) is 0 Å². The molecule has 0 heterocycles. The van der Waals surface area contributed by atoms with Crippen molar-refractivity contribution in [2.24, 2.45) is 0 Å². The number of nitrogens with one attached hydrogen (secondary N) is 2. The monoisotopic (exact) mass is 429 g/mol. The third-order valence-electron chi connectivity index (χ3n) is 6.01. The second-order valence-corrected chi connectivity index (χ2v) is 9.89. The molecule has 7 heteroatoms. The number of nitrogens with zero attached hydrogens (tertiary/aromatic N) is 1. The predicted octanol–water partition coefficient (Wildman–Crippen LogP) is 3.87. The Hall–Kier alpha value is -2.38. The highest BCUT2D eigenvalue weighted by molar-refractivity contribution is 7.92. The number of hydrogen-bond acceptors (Lipinski definition) is 4. The van der Waals surface area contributed by atoms with E-state index in [-0.39, 0.29) is 16.3 Å². The molecule has 1 saturated carbocycles. The van der Waals surface area contributed by atoms with Crippen molar-refractivity contribution in [2.75, 3.05) is 25.4 Å². The Morgan fingerprint density at radius 2 is 1.53 bits per heavy atom. The highest BCUT2D eigenvalue weighted by Gasteiger charge is 2.33. The molecule has 0 spiro atoms. The van der Waals surface area contributed by atoms with Gasteiger partial charge in [0.05, 0.1) is 4.90 Å². The van der Waals surface area contributed by atoms with E-state index in [4.69, 9.17) is 0 Å². The van der Waals surface area contributed by atoms with Gasteiger partial charge in [-0.3, -0.25) is 9.52 Å². The summed E-state index contributed by atoms with van der Waals surface area (Å²) in [6.07, 6.45) is 7.04. The van der Waals surface area contributed by atoms with Crippen molar-refractivity contribution in [3.05, 3.63) is 60.2 Å². The van der Waals surface area contributed by atoms with Crippen LogP contribution in [0.25, 0.3) is 0 Å². The highest BCUT2D eigenvalue weighted by atomic mass is 32.2. The summed E-state index contributed by atoms with van der Waals surface area (Å²) in [6.45, 7) is 0.612. The molecule has 162 valence electrons. The second kappa shape index (κ2) is 9.62. The Morgan fingerprint density at radius 1 is 0.933 bits per heavy atom. The summed E-state index contributed by atoms with van der Waals surface area (Å²) >= 11 is 0. The molecule has 1 aliphatic carbocycles. The molecule has 2 aromatic rings. The van der Waals surface area contributed by atoms with E-state index in [0.29, 0.717) is 17.8 Å². The van der Waals surface area contributed by atoms with E-state index in [2.05, 4.69) is 29.0 Å². The van der Waals surface area contributed by atoms with Gasteiger partial charge in [0, 0.05) is 23.3 Å². The van der Waals surface area contributed by atoms with Crippen LogP contribution in [0.15, 0.2) is 59.5 Å². The maximum Gasteiger partial charge on any atom is 0.261 e. The fourth-order valence-corrected chi connectivity index (χ4v) is 5.10. The van der Waals surface area contributed by atoms with Crippen LogP contribution in [0.2, 0.25) is 0 Å². The zero-order chi connectivity index (χ0) is 21.6. The zero-order valence-corrected chi connectivity index (χ0v) is 18.5. The Bertz CT molecular complexity index is 933. The van der Waals surface area contributed by atoms with Crippen LogP contribution in [0, 0.1) is 0 Å². The molecule has 2 N–H and O–H groups in total. The summed E-state index contributed by atoms with van der Waals surface area (Å²) < 4.78 is 27.4. The highest BCUT2D eigenvalue weighted by Crippen LogP contribution is 2.30. The Morgan fingerprint density at radius 3 is 2.10 bits per heavy atom. The lowest BCUT2D eigenvalue weighted by molar-refractivity contribution is 0.0869. The van der Waals surface area contributed by atoms with Gasteiger partial charge in [-0.05, 0) is 63.3 Å². The number of hydrogen-bond donors (Lipinski definition) is 2. The normalized spacial score (nSPS) is 16.6. The number of likely N-dealkylation sites (N-methyl/N-ethyl adjacent to an activating group) is 1. The topological polar surface area (TPSA) is 78.5 Å². The van der Waals surface area contributed by atoms with Gasteiger partial charge >= 0.3 is 0 Å². The third kappa shape index (κ3) is 5.40. The van der Waals surface area contributed by atoms with E-state index in [9.17, 15) is 13.2 Å². The van der Waals surface area contributed by atoms with Crippen molar-refractivity contribution < 1.29 is 13.2 Å². The molecule has 1 aliphatic rings. The van der Waals surface area contributed by atoms with Crippen LogP contribution in [0.5, 0.6) is 0 Å². The van der Waals surface area contributed by atoms with Gasteiger partial charge < -0.3 is 10.2 Å². The van der Waals surface area contributed by atoms with Crippen molar-refractivity contribution >= 4 is 21.6 Å². The standard InChI is InChI=1S/C23H31N3O3S/c1-26(2)23(16-8-3-4-9-17-23)18-24-22(27)19-12-14-20(15-13-19)25-30(28,29)21-10-6-5-7-11-21/h5-7,10-15,25H,3-4,8-9,16-18H2,1-2H3,(H,24,27). The summed E-state index contributed by atoms with van der Waals surface area (Å²) in [5, 5.41) is 3.09. The van der Waals surface area contributed by atoms with Crippen molar-refractivity contribution in [2.45, 2.75) is 49.0 Å². The molecule has 2 aromatic carbocycles. The maximum absolute atomic E-state index is 12.7. The molecule has 0 atom stereocenters. The number of anilines is 1. The van der Waals surface area contributed by atoms with Crippen LogP contribution in [-0.2, 0) is 10.0 Å². The Balaban J connectivity index is 1.63. The molecule has 0 bridgehead atoms. The zero-order valence-electron chi connectivity index (χ0n) is 17.7. The van der Waals surface area contributed by atoms with E-state index in [1.165, 1.54) is 37.8 Å². The van der Waals surface area contributed by atoms with E-state index in [1.807, 2.05) is 0 Å². The maximum atomic E-state index is 12.7. The van der Waals surface area contributed by atoms with Crippen molar-refractivity contribution in [3.63, 3.8) is 0 Å². The average Bonchev–Trinajstić information content (AvgIpc) is 3.00. The number of amides is 1. The molecular formula is C23H31N3O3S.